The van der Waals surface area contributed by atoms with Gasteiger partial charge in [-0.3, -0.25) is 4.79 Å². The molecule has 2 rings (SSSR count). The van der Waals surface area contributed by atoms with E-state index < -0.39 is 46.2 Å². The number of benzene rings is 1. The lowest BCUT2D eigenvalue weighted by Gasteiger charge is -2.38. The highest BCUT2D eigenvalue weighted by Crippen LogP contribution is 2.38. The lowest BCUT2D eigenvalue weighted by molar-refractivity contribution is -0.143. The number of amides is 1. The average Bonchev–Trinajstić information content (AvgIpc) is 2.67. The van der Waals surface area contributed by atoms with Crippen LogP contribution >= 0.6 is 11.6 Å². The molecule has 0 spiro atoms. The number of piperidine rings is 1. The summed E-state index contributed by atoms with van der Waals surface area (Å²) >= 11 is 5.92. The Morgan fingerprint density at radius 1 is 1.38 bits per heavy atom. The van der Waals surface area contributed by atoms with E-state index >= 15 is 0 Å². The Balaban J connectivity index is 2.27. The summed E-state index contributed by atoms with van der Waals surface area (Å²) in [4.78, 5) is 13.5. The van der Waals surface area contributed by atoms with Crippen LogP contribution < -0.4 is 4.72 Å². The molecule has 0 unspecified atom stereocenters. The third-order valence-electron chi connectivity index (χ3n) is 4.98. The molecule has 0 aliphatic carbocycles. The molecule has 3 atom stereocenters. The zero-order valence-corrected chi connectivity index (χ0v) is 18.3. The van der Waals surface area contributed by atoms with Crippen LogP contribution in [0.4, 0.5) is 4.39 Å². The van der Waals surface area contributed by atoms with Crippen LogP contribution in [0.1, 0.15) is 45.2 Å². The number of nitrogens with one attached hydrogen (secondary N) is 1. The number of hydrogen-bond donors (Lipinski definition) is 4. The molecule has 29 heavy (non-hydrogen) atoms. The average molecular weight is 451 g/mol. The summed E-state index contributed by atoms with van der Waals surface area (Å²) in [5, 5.41) is 28.7. The molecular weight excluding hydrogens is 423 g/mol. The molecule has 1 amide bonds. The van der Waals surface area contributed by atoms with Crippen molar-refractivity contribution < 1.29 is 28.7 Å². The molecular formula is C19H28ClFN2O5S. The maximum atomic E-state index is 13.7. The second kappa shape index (κ2) is 9.70. The zero-order chi connectivity index (χ0) is 21.9. The highest BCUT2D eigenvalue weighted by molar-refractivity contribution is 7.84. The molecule has 0 radical (unpaired) electrons. The molecule has 164 valence electrons. The SMILES string of the molecule is CC(C)(C)[S@](=O)N[C@@H](c1cc(Cl)c(F)cc1O)C1CCN(C(=O)[C@H](O)CO)CC1. The molecule has 1 saturated heterocycles. The second-order valence-corrected chi connectivity index (χ2v) is 10.6. The number of rotatable bonds is 6. The van der Waals surface area contributed by atoms with Crippen LogP contribution in [0.25, 0.3) is 0 Å². The molecule has 0 bridgehead atoms. The summed E-state index contributed by atoms with van der Waals surface area (Å²) in [6.45, 7) is 5.44. The summed E-state index contributed by atoms with van der Waals surface area (Å²) in [6.07, 6.45) is -0.455. The molecule has 7 nitrogen and oxygen atoms in total. The Labute approximate surface area is 177 Å². The Bertz CT molecular complexity index is 766. The first-order valence-corrected chi connectivity index (χ1v) is 10.9. The van der Waals surface area contributed by atoms with Gasteiger partial charge < -0.3 is 20.2 Å². The summed E-state index contributed by atoms with van der Waals surface area (Å²) in [5.41, 5.74) is 0.342. The first kappa shape index (κ1) is 24.0. The number of phenols is 1. The van der Waals surface area contributed by atoms with E-state index in [2.05, 4.69) is 4.72 Å². The largest absolute Gasteiger partial charge is 0.507 e. The van der Waals surface area contributed by atoms with Gasteiger partial charge in [-0.25, -0.2) is 13.3 Å². The first-order chi connectivity index (χ1) is 13.5. The van der Waals surface area contributed by atoms with E-state index in [9.17, 15) is 23.6 Å². The Morgan fingerprint density at radius 2 is 1.97 bits per heavy atom. The van der Waals surface area contributed by atoms with Gasteiger partial charge in [0.25, 0.3) is 5.91 Å². The monoisotopic (exact) mass is 450 g/mol. The number of aromatic hydroxyl groups is 1. The smallest absolute Gasteiger partial charge is 0.253 e. The minimum Gasteiger partial charge on any atom is -0.507 e. The van der Waals surface area contributed by atoms with Crippen LogP contribution in [-0.2, 0) is 15.8 Å². The van der Waals surface area contributed by atoms with E-state index in [1.54, 1.807) is 0 Å². The van der Waals surface area contributed by atoms with E-state index in [4.69, 9.17) is 16.7 Å². The Kier molecular flexibility index (Phi) is 8.03. The Hall–Kier alpha value is -1.26. The van der Waals surface area contributed by atoms with Crippen LogP contribution in [0.15, 0.2) is 12.1 Å². The van der Waals surface area contributed by atoms with Gasteiger partial charge in [-0.1, -0.05) is 11.6 Å². The van der Waals surface area contributed by atoms with Crippen molar-refractivity contribution in [3.63, 3.8) is 0 Å². The molecule has 1 aliphatic rings. The molecule has 0 aromatic heterocycles. The molecule has 1 heterocycles. The van der Waals surface area contributed by atoms with Gasteiger partial charge >= 0.3 is 0 Å². The molecule has 10 heteroatoms. The number of aliphatic hydroxyl groups is 2. The van der Waals surface area contributed by atoms with Gasteiger partial charge in [-0.05, 0) is 45.6 Å². The fraction of sp³-hybridized carbons (Fsp3) is 0.632. The predicted molar refractivity (Wildman–Crippen MR) is 109 cm³/mol. The van der Waals surface area contributed by atoms with Crippen LogP contribution in [-0.4, -0.2) is 60.9 Å². The van der Waals surface area contributed by atoms with E-state index in [0.717, 1.165) is 6.07 Å². The van der Waals surface area contributed by atoms with Crippen molar-refractivity contribution in [2.24, 2.45) is 5.92 Å². The summed E-state index contributed by atoms with van der Waals surface area (Å²) in [7, 11) is -1.47. The minimum atomic E-state index is -1.47. The number of aliphatic hydroxyl groups excluding tert-OH is 2. The van der Waals surface area contributed by atoms with Gasteiger partial charge in [0.15, 0.2) is 6.10 Å². The number of hydrogen-bond acceptors (Lipinski definition) is 5. The Morgan fingerprint density at radius 3 is 2.48 bits per heavy atom. The topological polar surface area (TPSA) is 110 Å². The number of nitrogens with zero attached hydrogens (tertiary/aromatic N) is 1. The number of carbonyl (C=O) groups excluding carboxylic acids is 1. The number of halogens is 2. The number of likely N-dealkylation sites (tertiary alicyclic amines) is 1. The van der Waals surface area contributed by atoms with E-state index in [1.165, 1.54) is 11.0 Å². The standard InChI is InChI=1S/C19H28ClFN2O5S/c1-19(2,3)29(28)22-17(12-8-13(20)14(21)9-15(12)25)11-4-6-23(7-5-11)18(27)16(26)10-24/h8-9,11,16-17,22,24-26H,4-7,10H2,1-3H3/t16-,17-,29+/m1/s1. The lowest BCUT2D eigenvalue weighted by Crippen LogP contribution is -2.47. The summed E-state index contributed by atoms with van der Waals surface area (Å²) < 4.78 is 28.9. The van der Waals surface area contributed by atoms with Gasteiger partial charge in [0.1, 0.15) is 11.6 Å². The summed E-state index contributed by atoms with van der Waals surface area (Å²) in [5.74, 6) is -1.70. The van der Waals surface area contributed by atoms with Crippen LogP contribution in [0.5, 0.6) is 5.75 Å². The second-order valence-electron chi connectivity index (χ2n) is 8.16. The molecule has 1 aromatic carbocycles. The van der Waals surface area contributed by atoms with E-state index in [0.29, 0.717) is 31.5 Å². The van der Waals surface area contributed by atoms with Gasteiger partial charge in [-0.2, -0.15) is 0 Å². The van der Waals surface area contributed by atoms with Crippen molar-refractivity contribution >= 4 is 28.5 Å². The van der Waals surface area contributed by atoms with Crippen LogP contribution in [0, 0.1) is 11.7 Å². The van der Waals surface area contributed by atoms with Crippen molar-refractivity contribution in [2.45, 2.75) is 50.5 Å². The van der Waals surface area contributed by atoms with Crippen LogP contribution in [0.2, 0.25) is 5.02 Å². The van der Waals surface area contributed by atoms with E-state index in [-0.39, 0.29) is 16.7 Å². The van der Waals surface area contributed by atoms with Gasteiger partial charge in [-0.15, -0.1) is 0 Å². The maximum Gasteiger partial charge on any atom is 0.253 e. The number of carbonyl (C=O) groups is 1. The first-order valence-electron chi connectivity index (χ1n) is 9.39. The van der Waals surface area contributed by atoms with Gasteiger partial charge in [0.05, 0.1) is 33.4 Å². The van der Waals surface area contributed by atoms with Crippen molar-refractivity contribution in [1.29, 1.82) is 0 Å². The molecule has 1 fully saturated rings. The van der Waals surface area contributed by atoms with Crippen LogP contribution in [0.3, 0.4) is 0 Å². The highest BCUT2D eigenvalue weighted by atomic mass is 35.5. The van der Waals surface area contributed by atoms with Crippen molar-refractivity contribution in [3.8, 4) is 5.75 Å². The molecule has 0 saturated carbocycles. The highest BCUT2D eigenvalue weighted by Gasteiger charge is 2.35. The quantitative estimate of drug-likeness (QED) is 0.529. The zero-order valence-electron chi connectivity index (χ0n) is 16.7. The van der Waals surface area contributed by atoms with Crippen molar-refractivity contribution in [3.05, 3.63) is 28.5 Å². The van der Waals surface area contributed by atoms with Crippen molar-refractivity contribution in [2.75, 3.05) is 19.7 Å². The normalized spacial score (nSPS) is 19.1. The van der Waals surface area contributed by atoms with Gasteiger partial charge in [0.2, 0.25) is 0 Å². The fourth-order valence-corrected chi connectivity index (χ4v) is 4.32. The molecule has 1 aliphatic heterocycles. The maximum absolute atomic E-state index is 13.7. The van der Waals surface area contributed by atoms with E-state index in [1.807, 2.05) is 20.8 Å². The minimum absolute atomic E-state index is 0.121. The molecule has 4 N–H and O–H groups in total. The fourth-order valence-electron chi connectivity index (χ4n) is 3.25. The third kappa shape index (κ3) is 5.88. The third-order valence-corrected chi connectivity index (χ3v) is 6.85. The van der Waals surface area contributed by atoms with Crippen molar-refractivity contribution in [1.82, 2.24) is 9.62 Å². The molecule has 1 aromatic rings. The summed E-state index contributed by atoms with van der Waals surface area (Å²) in [6, 6.07) is 1.69. The predicted octanol–water partition coefficient (Wildman–Crippen LogP) is 1.87. The lowest BCUT2D eigenvalue weighted by atomic mass is 9.85. The van der Waals surface area contributed by atoms with Gasteiger partial charge in [0, 0.05) is 24.7 Å². The number of phenolic OH excluding ortho intramolecular Hbond substituents is 1.